The Kier molecular flexibility index (Phi) is 5.50. The number of hydrogen-bond donors (Lipinski definition) is 2. The van der Waals surface area contributed by atoms with Crippen molar-refractivity contribution in [3.05, 3.63) is 33.8 Å². The summed E-state index contributed by atoms with van der Waals surface area (Å²) in [7, 11) is 0. The van der Waals surface area contributed by atoms with Crippen molar-refractivity contribution < 1.29 is 5.11 Å². The summed E-state index contributed by atoms with van der Waals surface area (Å²) < 4.78 is 1.77. The fourth-order valence-electron chi connectivity index (χ4n) is 1.78. The molecule has 0 amide bonds. The largest absolute Gasteiger partial charge is 0.396 e. The number of aryl methyl sites for hydroxylation is 2. The third-order valence-electron chi connectivity index (χ3n) is 2.80. The van der Waals surface area contributed by atoms with Gasteiger partial charge in [0.25, 0.3) is 0 Å². The van der Waals surface area contributed by atoms with Gasteiger partial charge in [-0.25, -0.2) is 0 Å². The molecule has 2 rings (SSSR count). The highest BCUT2D eigenvalue weighted by Gasteiger charge is 2.02. The zero-order valence-electron chi connectivity index (χ0n) is 11.2. The molecule has 0 unspecified atom stereocenters. The Labute approximate surface area is 117 Å². The summed E-state index contributed by atoms with van der Waals surface area (Å²) in [6, 6.07) is 4.36. The molecular formula is C13H20N4OS. The maximum Gasteiger partial charge on any atom is 0.0964 e. The number of thiophene rings is 1. The second-order valence-corrected chi connectivity index (χ2v) is 5.63. The normalized spacial score (nSPS) is 11.1. The molecule has 0 bridgehead atoms. The Morgan fingerprint density at radius 1 is 1.32 bits per heavy atom. The summed E-state index contributed by atoms with van der Waals surface area (Å²) in [5.74, 6) is 0. The van der Waals surface area contributed by atoms with Crippen LogP contribution in [-0.2, 0) is 26.1 Å². The quantitative estimate of drug-likeness (QED) is 0.770. The zero-order chi connectivity index (χ0) is 13.5. The van der Waals surface area contributed by atoms with E-state index >= 15 is 0 Å². The Balaban J connectivity index is 1.74. The lowest BCUT2D eigenvalue weighted by Gasteiger charge is -1.99. The van der Waals surface area contributed by atoms with Crippen LogP contribution >= 0.6 is 11.3 Å². The highest BCUT2D eigenvalue weighted by atomic mass is 32.1. The molecule has 2 heterocycles. The molecule has 0 radical (unpaired) electrons. The molecule has 0 saturated carbocycles. The van der Waals surface area contributed by atoms with E-state index in [1.807, 2.05) is 17.5 Å². The highest BCUT2D eigenvalue weighted by Crippen LogP contribution is 2.16. The summed E-state index contributed by atoms with van der Waals surface area (Å²) in [5.41, 5.74) is 0.935. The van der Waals surface area contributed by atoms with Gasteiger partial charge in [0.15, 0.2) is 0 Å². The van der Waals surface area contributed by atoms with Gasteiger partial charge in [-0.2, -0.15) is 0 Å². The predicted molar refractivity (Wildman–Crippen MR) is 76.0 cm³/mol. The van der Waals surface area contributed by atoms with Crippen LogP contribution < -0.4 is 5.32 Å². The maximum absolute atomic E-state index is 8.75. The van der Waals surface area contributed by atoms with Gasteiger partial charge in [0.1, 0.15) is 0 Å². The van der Waals surface area contributed by atoms with Crippen molar-refractivity contribution in [1.29, 1.82) is 0 Å². The van der Waals surface area contributed by atoms with Gasteiger partial charge in [-0.1, -0.05) is 12.1 Å². The van der Waals surface area contributed by atoms with E-state index in [0.29, 0.717) is 13.0 Å². The van der Waals surface area contributed by atoms with E-state index in [4.69, 9.17) is 5.11 Å². The number of aromatic nitrogens is 3. The smallest absolute Gasteiger partial charge is 0.0964 e. The molecule has 0 aromatic carbocycles. The van der Waals surface area contributed by atoms with Crippen LogP contribution in [0.1, 0.15) is 28.8 Å². The first kappa shape index (κ1) is 14.2. The topological polar surface area (TPSA) is 63.0 Å². The van der Waals surface area contributed by atoms with Crippen LogP contribution in [-0.4, -0.2) is 26.7 Å². The van der Waals surface area contributed by atoms with Crippen LogP contribution in [0, 0.1) is 0 Å². The maximum atomic E-state index is 8.75. The molecule has 19 heavy (non-hydrogen) atoms. The summed E-state index contributed by atoms with van der Waals surface area (Å²) >= 11 is 1.85. The minimum Gasteiger partial charge on any atom is -0.396 e. The van der Waals surface area contributed by atoms with Gasteiger partial charge in [-0.15, -0.1) is 16.4 Å². The molecule has 0 aliphatic rings. The van der Waals surface area contributed by atoms with E-state index in [1.165, 1.54) is 9.75 Å². The summed E-state index contributed by atoms with van der Waals surface area (Å²) in [6.45, 7) is 4.67. The molecule has 6 heteroatoms. The van der Waals surface area contributed by atoms with Gasteiger partial charge in [0.05, 0.1) is 5.69 Å². The number of aliphatic hydroxyl groups excluding tert-OH is 1. The standard InChI is InChI=1S/C13H20N4OS/c1-2-12-4-5-13(19-12)9-14-8-11-10-17(16-15-11)6-3-7-18/h4-5,10,14,18H,2-3,6-9H2,1H3. The highest BCUT2D eigenvalue weighted by molar-refractivity contribution is 7.11. The molecule has 2 N–H and O–H groups in total. The van der Waals surface area contributed by atoms with Gasteiger partial charge in [-0.05, 0) is 25.0 Å². The van der Waals surface area contributed by atoms with Crippen molar-refractivity contribution in [2.45, 2.75) is 39.4 Å². The molecule has 0 aliphatic carbocycles. The first-order valence-electron chi connectivity index (χ1n) is 6.60. The first-order valence-corrected chi connectivity index (χ1v) is 7.41. The molecule has 104 valence electrons. The average molecular weight is 280 g/mol. The Morgan fingerprint density at radius 3 is 2.89 bits per heavy atom. The van der Waals surface area contributed by atoms with Crippen molar-refractivity contribution >= 4 is 11.3 Å². The van der Waals surface area contributed by atoms with Gasteiger partial charge >= 0.3 is 0 Å². The molecule has 2 aromatic rings. The minimum atomic E-state index is 0.186. The van der Waals surface area contributed by atoms with Crippen LogP contribution in [0.3, 0.4) is 0 Å². The Hall–Kier alpha value is -1.24. The zero-order valence-corrected chi connectivity index (χ0v) is 12.0. The van der Waals surface area contributed by atoms with Crippen LogP contribution in [0.4, 0.5) is 0 Å². The molecule has 0 atom stereocenters. The Morgan fingerprint density at radius 2 is 2.16 bits per heavy atom. The third-order valence-corrected chi connectivity index (χ3v) is 4.03. The van der Waals surface area contributed by atoms with E-state index in [-0.39, 0.29) is 6.61 Å². The van der Waals surface area contributed by atoms with E-state index < -0.39 is 0 Å². The van der Waals surface area contributed by atoms with Crippen molar-refractivity contribution in [3.63, 3.8) is 0 Å². The SMILES string of the molecule is CCc1ccc(CNCc2cn(CCCO)nn2)s1. The van der Waals surface area contributed by atoms with Crippen LogP contribution in [0.2, 0.25) is 0 Å². The average Bonchev–Trinajstić information content (AvgIpc) is 3.05. The molecule has 5 nitrogen and oxygen atoms in total. The Bertz CT molecular complexity index is 494. The van der Waals surface area contributed by atoms with E-state index in [1.54, 1.807) is 4.68 Å². The fraction of sp³-hybridized carbons (Fsp3) is 0.538. The lowest BCUT2D eigenvalue weighted by Crippen LogP contribution is -2.12. The summed E-state index contributed by atoms with van der Waals surface area (Å²) in [4.78, 5) is 2.77. The minimum absolute atomic E-state index is 0.186. The second-order valence-electron chi connectivity index (χ2n) is 4.38. The van der Waals surface area contributed by atoms with Crippen LogP contribution in [0.15, 0.2) is 18.3 Å². The molecule has 0 fully saturated rings. The summed E-state index contributed by atoms with van der Waals surface area (Å²) in [5, 5.41) is 20.2. The number of hydrogen-bond acceptors (Lipinski definition) is 5. The van der Waals surface area contributed by atoms with Crippen molar-refractivity contribution in [3.8, 4) is 0 Å². The number of nitrogens with zero attached hydrogens (tertiary/aromatic N) is 3. The molecule has 0 aliphatic heterocycles. The third kappa shape index (κ3) is 4.41. The van der Waals surface area contributed by atoms with Gasteiger partial charge < -0.3 is 10.4 Å². The van der Waals surface area contributed by atoms with E-state index in [2.05, 4.69) is 34.7 Å². The van der Waals surface area contributed by atoms with E-state index in [0.717, 1.165) is 25.2 Å². The molecule has 0 spiro atoms. The molecular weight excluding hydrogens is 260 g/mol. The van der Waals surface area contributed by atoms with Gasteiger partial charge in [0.2, 0.25) is 0 Å². The monoisotopic (exact) mass is 280 g/mol. The van der Waals surface area contributed by atoms with Crippen molar-refractivity contribution in [1.82, 2.24) is 20.3 Å². The molecule has 0 saturated heterocycles. The molecule has 2 aromatic heterocycles. The van der Waals surface area contributed by atoms with E-state index in [9.17, 15) is 0 Å². The van der Waals surface area contributed by atoms with Gasteiger partial charge in [0, 0.05) is 42.2 Å². The van der Waals surface area contributed by atoms with Crippen molar-refractivity contribution in [2.24, 2.45) is 0 Å². The van der Waals surface area contributed by atoms with Crippen molar-refractivity contribution in [2.75, 3.05) is 6.61 Å². The van der Waals surface area contributed by atoms with Crippen LogP contribution in [0.5, 0.6) is 0 Å². The number of nitrogens with one attached hydrogen (secondary N) is 1. The second kappa shape index (κ2) is 7.37. The lowest BCUT2D eigenvalue weighted by molar-refractivity contribution is 0.276. The van der Waals surface area contributed by atoms with Crippen LogP contribution in [0.25, 0.3) is 0 Å². The van der Waals surface area contributed by atoms with Gasteiger partial charge in [-0.3, -0.25) is 4.68 Å². The fourth-order valence-corrected chi connectivity index (χ4v) is 2.71. The predicted octanol–water partition coefficient (Wildman–Crippen LogP) is 1.57. The number of aliphatic hydroxyl groups is 1. The first-order chi connectivity index (χ1) is 9.31. The number of rotatable bonds is 8. The lowest BCUT2D eigenvalue weighted by atomic mass is 10.3. The summed E-state index contributed by atoms with van der Waals surface area (Å²) in [6.07, 6.45) is 3.74.